The molecule has 2 fully saturated rings. The predicted octanol–water partition coefficient (Wildman–Crippen LogP) is 2.64. The summed E-state index contributed by atoms with van der Waals surface area (Å²) >= 11 is 0. The molecule has 0 aliphatic carbocycles. The van der Waals surface area contributed by atoms with Crippen molar-refractivity contribution in [3.05, 3.63) is 56.9 Å². The number of pyridine rings is 2. The van der Waals surface area contributed by atoms with Gasteiger partial charge in [0.05, 0.1) is 114 Å². The molecular formula is C57H77N5O21. The van der Waals surface area contributed by atoms with Gasteiger partial charge in [0.1, 0.15) is 45.3 Å². The van der Waals surface area contributed by atoms with Crippen LogP contribution in [-0.4, -0.2) is 216 Å². The molecule has 7 rings (SSSR count). The molecule has 1 atom stereocenters. The number of cyclic esters (lactones) is 1. The number of carbonyl (C=O) groups excluding carboxylic acids is 5. The Kier molecular flexibility index (Phi) is 24.3. The maximum absolute atomic E-state index is 14.4. The number of likely N-dealkylation sites (tertiary alicyclic amines) is 2. The largest absolute Gasteiger partial charge is 0.480 e. The van der Waals surface area contributed by atoms with E-state index in [9.17, 15) is 38.4 Å². The maximum atomic E-state index is 14.4. The molecule has 0 bridgehead atoms. The molecular weight excluding hydrogens is 1090 g/mol. The van der Waals surface area contributed by atoms with Gasteiger partial charge in [0.25, 0.3) is 5.56 Å². The lowest BCUT2D eigenvalue weighted by atomic mass is 9.85. The Morgan fingerprint density at radius 2 is 1.31 bits per heavy atom. The van der Waals surface area contributed by atoms with Crippen LogP contribution in [0.5, 0.6) is 5.75 Å². The minimum absolute atomic E-state index is 0.00640. The van der Waals surface area contributed by atoms with E-state index in [1.165, 1.54) is 26.2 Å². The van der Waals surface area contributed by atoms with Crippen LogP contribution in [0.2, 0.25) is 0 Å². The number of ketones is 1. The van der Waals surface area contributed by atoms with Crippen LogP contribution < -0.4 is 15.6 Å². The highest BCUT2D eigenvalue weighted by molar-refractivity contribution is 5.91. The summed E-state index contributed by atoms with van der Waals surface area (Å²) in [7, 11) is 0. The summed E-state index contributed by atoms with van der Waals surface area (Å²) < 4.78 is 63.3. The lowest BCUT2D eigenvalue weighted by molar-refractivity contribution is -0.189. The van der Waals surface area contributed by atoms with Crippen molar-refractivity contribution in [3.8, 4) is 17.1 Å². The molecule has 0 spiro atoms. The van der Waals surface area contributed by atoms with Crippen molar-refractivity contribution < 1.29 is 95.9 Å². The number of carbonyl (C=O) groups is 7. The number of nitrogens with one attached hydrogen (secondary N) is 1. The fraction of sp³-hybridized carbons (Fsp3) is 0.632. The van der Waals surface area contributed by atoms with Crippen LogP contribution in [0, 0.1) is 5.41 Å². The summed E-state index contributed by atoms with van der Waals surface area (Å²) in [6.07, 6.45) is 5.59. The summed E-state index contributed by atoms with van der Waals surface area (Å²) in [5, 5.41) is 21.0. The molecule has 0 radical (unpaired) electrons. The molecule has 456 valence electrons. The van der Waals surface area contributed by atoms with E-state index in [0.29, 0.717) is 48.2 Å². The molecule has 3 aromatic rings. The Labute approximate surface area is 480 Å². The number of rotatable bonds is 35. The standard InChI is InChI=1S/C57H77N5O21/c1-4-41-42-25-40(82-55(72)61-15-11-39(12-16-61)60-13-7-6-8-14-60)9-10-46(42)59-52-43(41)28-62-47(52)26-45-44(53(62)70)30-81-54(71)57(45,5-2)83-51(69)27-58-48(64)31-74-18-22-78-35-56(34-77-21-17-73-29-38(3)63,36-79-23-19-75-32-49(65)66)37-80-24-20-76-33-50(67)68/h9-10,25-26,39H,4-8,11-24,27-37H2,1-3H3,(H,58,64)(H,65,66)(H,67,68). The Bertz CT molecular complexity index is 2750. The van der Waals surface area contributed by atoms with Crippen LogP contribution in [0.3, 0.4) is 0 Å². The number of aromatic nitrogens is 2. The highest BCUT2D eigenvalue weighted by Crippen LogP contribution is 2.42. The van der Waals surface area contributed by atoms with Crippen molar-refractivity contribution >= 4 is 52.6 Å². The minimum atomic E-state index is -2.03. The zero-order chi connectivity index (χ0) is 59.4. The fourth-order valence-corrected chi connectivity index (χ4v) is 10.7. The van der Waals surface area contributed by atoms with Crippen LogP contribution in [-0.2, 0) is 101 Å². The molecule has 83 heavy (non-hydrogen) atoms. The Hall–Kier alpha value is -6.49. The zero-order valence-electron chi connectivity index (χ0n) is 47.5. The van der Waals surface area contributed by atoms with Crippen molar-refractivity contribution in [3.63, 3.8) is 0 Å². The minimum Gasteiger partial charge on any atom is -0.480 e. The number of hydrogen-bond acceptors (Lipinski definition) is 21. The van der Waals surface area contributed by atoms with Gasteiger partial charge >= 0.3 is 30.0 Å². The first-order valence-electron chi connectivity index (χ1n) is 28.2. The fourth-order valence-electron chi connectivity index (χ4n) is 10.7. The molecule has 1 aromatic carbocycles. The third kappa shape index (κ3) is 17.5. The number of aryl methyl sites for hydroxylation is 1. The van der Waals surface area contributed by atoms with Gasteiger partial charge in [-0.2, -0.15) is 0 Å². The molecule has 0 saturated carbocycles. The molecule has 2 aromatic heterocycles. The summed E-state index contributed by atoms with van der Waals surface area (Å²) in [6.45, 7) is 5.94. The van der Waals surface area contributed by atoms with Gasteiger partial charge in [-0.1, -0.05) is 20.3 Å². The number of fused-ring (bicyclic) bond motifs is 5. The van der Waals surface area contributed by atoms with Crippen LogP contribution in [0.4, 0.5) is 4.79 Å². The lowest BCUT2D eigenvalue weighted by Gasteiger charge is -2.39. The van der Waals surface area contributed by atoms with Gasteiger partial charge in [0.2, 0.25) is 11.5 Å². The first-order valence-corrected chi connectivity index (χ1v) is 28.2. The smallest absolute Gasteiger partial charge is 0.415 e. The van der Waals surface area contributed by atoms with Crippen LogP contribution in [0.1, 0.15) is 81.5 Å². The van der Waals surface area contributed by atoms with Gasteiger partial charge in [-0.25, -0.2) is 24.2 Å². The molecule has 26 nitrogen and oxygen atoms in total. The first-order chi connectivity index (χ1) is 40.1. The third-order valence-corrected chi connectivity index (χ3v) is 14.8. The van der Waals surface area contributed by atoms with Crippen molar-refractivity contribution in [2.24, 2.45) is 5.41 Å². The van der Waals surface area contributed by atoms with Crippen LogP contribution >= 0.6 is 0 Å². The van der Waals surface area contributed by atoms with E-state index in [1.54, 1.807) is 34.6 Å². The predicted molar refractivity (Wildman–Crippen MR) is 292 cm³/mol. The van der Waals surface area contributed by atoms with Gasteiger partial charge in [-0.05, 0) is 88.4 Å². The van der Waals surface area contributed by atoms with Crippen LogP contribution in [0.15, 0.2) is 29.1 Å². The molecule has 26 heteroatoms. The number of ether oxygens (including phenoxy) is 11. The van der Waals surface area contributed by atoms with Crippen molar-refractivity contribution in [1.29, 1.82) is 0 Å². The number of carboxylic acids is 2. The highest BCUT2D eigenvalue weighted by Gasteiger charge is 2.50. The molecule has 2 saturated heterocycles. The quantitative estimate of drug-likeness (QED) is 0.0440. The Morgan fingerprint density at radius 3 is 1.88 bits per heavy atom. The number of aliphatic carboxylic acids is 2. The van der Waals surface area contributed by atoms with E-state index >= 15 is 0 Å². The number of Topliss-reactive ketones (excluding diaryl/α,β-unsaturated/α-hetero) is 1. The molecule has 4 aliphatic rings. The number of hydrogen-bond donors (Lipinski definition) is 3. The Balaban J connectivity index is 0.937. The lowest BCUT2D eigenvalue weighted by Crippen LogP contribution is -2.48. The number of piperidine rings is 2. The molecule has 6 heterocycles. The number of benzene rings is 1. The van der Waals surface area contributed by atoms with E-state index in [0.717, 1.165) is 42.4 Å². The summed E-state index contributed by atoms with van der Waals surface area (Å²) in [5.74, 6) is -4.63. The van der Waals surface area contributed by atoms with Crippen molar-refractivity contribution in [2.45, 2.75) is 90.5 Å². The maximum Gasteiger partial charge on any atom is 0.415 e. The Morgan fingerprint density at radius 1 is 0.735 bits per heavy atom. The van der Waals surface area contributed by atoms with E-state index in [-0.39, 0.29) is 122 Å². The van der Waals surface area contributed by atoms with Gasteiger partial charge in [-0.15, -0.1) is 0 Å². The van der Waals surface area contributed by atoms with E-state index < -0.39 is 78.8 Å². The second-order valence-corrected chi connectivity index (χ2v) is 20.9. The molecule has 4 aliphatic heterocycles. The monoisotopic (exact) mass is 1170 g/mol. The van der Waals surface area contributed by atoms with Crippen LogP contribution in [0.25, 0.3) is 22.3 Å². The van der Waals surface area contributed by atoms with Gasteiger partial charge < -0.3 is 82.0 Å². The molecule has 3 N–H and O–H groups in total. The third-order valence-electron chi connectivity index (χ3n) is 14.8. The zero-order valence-corrected chi connectivity index (χ0v) is 47.5. The number of esters is 2. The van der Waals surface area contributed by atoms with Crippen molar-refractivity contribution in [2.75, 3.05) is 138 Å². The molecule has 2 amide bonds. The number of nitrogens with zero attached hydrogens (tertiary/aromatic N) is 4. The van der Waals surface area contributed by atoms with Gasteiger partial charge in [0.15, 0.2) is 5.78 Å². The summed E-state index contributed by atoms with van der Waals surface area (Å²) in [5.41, 5.74) is 0.0872. The summed E-state index contributed by atoms with van der Waals surface area (Å²) in [4.78, 5) is 110. The topological polar surface area (TPSA) is 315 Å². The average molecular weight is 1170 g/mol. The van der Waals surface area contributed by atoms with Gasteiger partial charge in [0, 0.05) is 35.6 Å². The highest BCUT2D eigenvalue weighted by atomic mass is 16.6. The second-order valence-electron chi connectivity index (χ2n) is 20.9. The number of carboxylic acid groups (broad SMARTS) is 2. The summed E-state index contributed by atoms with van der Waals surface area (Å²) in [6, 6.07) is 7.44. The number of amides is 2. The average Bonchev–Trinajstić information content (AvgIpc) is 2.14. The second kappa shape index (κ2) is 31.4. The molecule has 1 unspecified atom stereocenters. The van der Waals surface area contributed by atoms with Crippen molar-refractivity contribution in [1.82, 2.24) is 24.7 Å². The van der Waals surface area contributed by atoms with Gasteiger partial charge in [-0.3, -0.25) is 19.2 Å². The van der Waals surface area contributed by atoms with E-state index in [2.05, 4.69) is 10.2 Å². The first kappa shape index (κ1) is 64.1. The van der Waals surface area contributed by atoms with E-state index in [4.69, 9.17) is 67.3 Å². The SMILES string of the molecule is CCc1c2c(nc3ccc(OC(=O)N4CCC(N5CCCCC5)CC4)cc13)-c1cc3c(c(=O)n1C2)COC(=O)C3(CC)OC(=O)CNC(=O)COCCOCC(COCCOCC(C)=O)(COCCOCC(=O)O)COCCOCC(=O)O. The normalized spacial score (nSPS) is 17.1. The van der Waals surface area contributed by atoms with E-state index in [1.807, 2.05) is 13.0 Å².